The number of thioether (sulfide) groups is 1. The van der Waals surface area contributed by atoms with Crippen LogP contribution in [0.5, 0.6) is 0 Å². The van der Waals surface area contributed by atoms with Gasteiger partial charge in [0.05, 0.1) is 6.61 Å². The van der Waals surface area contributed by atoms with Crippen LogP contribution in [-0.4, -0.2) is 34.8 Å². The number of aliphatic hydroxyl groups is 1. The predicted octanol–water partition coefficient (Wildman–Crippen LogP) is 1.49. The van der Waals surface area contributed by atoms with Crippen molar-refractivity contribution in [2.45, 2.75) is 44.5 Å². The summed E-state index contributed by atoms with van der Waals surface area (Å²) in [6.07, 6.45) is 1.25. The zero-order chi connectivity index (χ0) is 9.84. The molecule has 0 amide bonds. The smallest absolute Gasteiger partial charge is 0.0587 e. The standard InChI is InChI=1S/C10H21NOS/c1-7(2)10(6-12)11-9-4-5-13-8(9)3/h7-12H,4-6H2,1-3H3. The summed E-state index contributed by atoms with van der Waals surface area (Å²) in [5, 5.41) is 13.4. The molecule has 1 aliphatic heterocycles. The molecule has 1 aliphatic rings. The molecule has 1 saturated heterocycles. The average molecular weight is 203 g/mol. The quantitative estimate of drug-likeness (QED) is 0.726. The van der Waals surface area contributed by atoms with Crippen molar-refractivity contribution in [3.05, 3.63) is 0 Å². The Hall–Kier alpha value is 0.270. The Labute approximate surface area is 85.5 Å². The Kier molecular flexibility index (Phi) is 4.56. The van der Waals surface area contributed by atoms with E-state index in [4.69, 9.17) is 0 Å². The predicted molar refractivity (Wildman–Crippen MR) is 59.2 cm³/mol. The molecule has 2 N–H and O–H groups in total. The summed E-state index contributed by atoms with van der Waals surface area (Å²) < 4.78 is 0. The number of aliphatic hydroxyl groups excluding tert-OH is 1. The third-order valence-electron chi connectivity index (χ3n) is 2.81. The Morgan fingerprint density at radius 2 is 2.23 bits per heavy atom. The fraction of sp³-hybridized carbons (Fsp3) is 1.00. The van der Waals surface area contributed by atoms with Gasteiger partial charge in [0, 0.05) is 17.3 Å². The van der Waals surface area contributed by atoms with Crippen molar-refractivity contribution in [1.29, 1.82) is 0 Å². The van der Waals surface area contributed by atoms with E-state index in [9.17, 15) is 5.11 Å². The molecule has 1 rings (SSSR count). The minimum Gasteiger partial charge on any atom is -0.395 e. The van der Waals surface area contributed by atoms with E-state index in [1.807, 2.05) is 11.8 Å². The van der Waals surface area contributed by atoms with Crippen LogP contribution in [0, 0.1) is 5.92 Å². The molecule has 3 atom stereocenters. The van der Waals surface area contributed by atoms with Crippen molar-refractivity contribution in [2.24, 2.45) is 5.92 Å². The van der Waals surface area contributed by atoms with Gasteiger partial charge in [-0.1, -0.05) is 20.8 Å². The minimum absolute atomic E-state index is 0.256. The first kappa shape index (κ1) is 11.3. The molecule has 0 aromatic carbocycles. The molecule has 0 radical (unpaired) electrons. The lowest BCUT2D eigenvalue weighted by atomic mass is 10.0. The van der Waals surface area contributed by atoms with E-state index in [1.165, 1.54) is 12.2 Å². The van der Waals surface area contributed by atoms with E-state index in [1.54, 1.807) is 0 Å². The molecule has 78 valence electrons. The Morgan fingerprint density at radius 3 is 2.62 bits per heavy atom. The topological polar surface area (TPSA) is 32.3 Å². The highest BCUT2D eigenvalue weighted by molar-refractivity contribution is 8.00. The number of nitrogens with one attached hydrogen (secondary N) is 1. The maximum absolute atomic E-state index is 9.17. The second-order valence-electron chi connectivity index (χ2n) is 4.17. The molecule has 0 spiro atoms. The highest BCUT2D eigenvalue weighted by atomic mass is 32.2. The second kappa shape index (κ2) is 5.23. The van der Waals surface area contributed by atoms with Gasteiger partial charge in [-0.2, -0.15) is 11.8 Å². The van der Waals surface area contributed by atoms with Crippen LogP contribution in [0.1, 0.15) is 27.2 Å². The van der Waals surface area contributed by atoms with Crippen LogP contribution in [0.3, 0.4) is 0 Å². The summed E-state index contributed by atoms with van der Waals surface area (Å²) in [5.74, 6) is 1.78. The normalized spacial score (nSPS) is 31.2. The summed E-state index contributed by atoms with van der Waals surface area (Å²) in [6, 6.07) is 0.871. The van der Waals surface area contributed by atoms with Crippen LogP contribution in [-0.2, 0) is 0 Å². The number of rotatable bonds is 4. The van der Waals surface area contributed by atoms with Gasteiger partial charge in [0.2, 0.25) is 0 Å². The van der Waals surface area contributed by atoms with E-state index >= 15 is 0 Å². The minimum atomic E-state index is 0.256. The summed E-state index contributed by atoms with van der Waals surface area (Å²) in [5.41, 5.74) is 0. The van der Waals surface area contributed by atoms with Gasteiger partial charge in [0.25, 0.3) is 0 Å². The van der Waals surface area contributed by atoms with Crippen LogP contribution in [0.2, 0.25) is 0 Å². The molecule has 0 aromatic rings. The second-order valence-corrected chi connectivity index (χ2v) is 5.66. The van der Waals surface area contributed by atoms with Crippen molar-refractivity contribution in [1.82, 2.24) is 5.32 Å². The molecule has 1 heterocycles. The molecule has 0 aliphatic carbocycles. The maximum Gasteiger partial charge on any atom is 0.0587 e. The molecule has 0 bridgehead atoms. The van der Waals surface area contributed by atoms with Gasteiger partial charge in [-0.3, -0.25) is 0 Å². The monoisotopic (exact) mass is 203 g/mol. The van der Waals surface area contributed by atoms with Crippen molar-refractivity contribution in [3.63, 3.8) is 0 Å². The highest BCUT2D eigenvalue weighted by Crippen LogP contribution is 2.26. The fourth-order valence-electron chi connectivity index (χ4n) is 1.68. The number of hydrogen-bond acceptors (Lipinski definition) is 3. The molecular weight excluding hydrogens is 182 g/mol. The van der Waals surface area contributed by atoms with Crippen LogP contribution >= 0.6 is 11.8 Å². The molecular formula is C10H21NOS. The number of hydrogen-bond donors (Lipinski definition) is 2. The van der Waals surface area contributed by atoms with Gasteiger partial charge >= 0.3 is 0 Å². The Bertz CT molecular complexity index is 152. The summed E-state index contributed by atoms with van der Waals surface area (Å²) in [7, 11) is 0. The molecule has 13 heavy (non-hydrogen) atoms. The molecule has 2 nitrogen and oxygen atoms in total. The van der Waals surface area contributed by atoms with Crippen LogP contribution in [0.15, 0.2) is 0 Å². The van der Waals surface area contributed by atoms with E-state index in [0.29, 0.717) is 17.2 Å². The van der Waals surface area contributed by atoms with E-state index in [0.717, 1.165) is 0 Å². The van der Waals surface area contributed by atoms with Crippen LogP contribution in [0.4, 0.5) is 0 Å². The zero-order valence-corrected chi connectivity index (χ0v) is 9.60. The van der Waals surface area contributed by atoms with Crippen molar-refractivity contribution < 1.29 is 5.11 Å². The summed E-state index contributed by atoms with van der Waals surface area (Å²) in [4.78, 5) is 0. The molecule has 0 saturated carbocycles. The third-order valence-corrected chi connectivity index (χ3v) is 4.13. The van der Waals surface area contributed by atoms with Gasteiger partial charge < -0.3 is 10.4 Å². The fourth-order valence-corrected chi connectivity index (χ4v) is 2.89. The van der Waals surface area contributed by atoms with Gasteiger partial charge in [-0.05, 0) is 18.1 Å². The largest absolute Gasteiger partial charge is 0.395 e. The van der Waals surface area contributed by atoms with E-state index < -0.39 is 0 Å². The first-order valence-corrected chi connectivity index (χ1v) is 6.18. The van der Waals surface area contributed by atoms with E-state index in [2.05, 4.69) is 26.1 Å². The van der Waals surface area contributed by atoms with Gasteiger partial charge in [-0.25, -0.2) is 0 Å². The maximum atomic E-state index is 9.17. The van der Waals surface area contributed by atoms with Crippen LogP contribution in [0.25, 0.3) is 0 Å². The van der Waals surface area contributed by atoms with Gasteiger partial charge in [0.1, 0.15) is 0 Å². The summed E-state index contributed by atoms with van der Waals surface area (Å²) >= 11 is 2.03. The first-order valence-electron chi connectivity index (χ1n) is 5.13. The lowest BCUT2D eigenvalue weighted by molar-refractivity contribution is 0.199. The van der Waals surface area contributed by atoms with Crippen molar-refractivity contribution in [3.8, 4) is 0 Å². The SMILES string of the molecule is CC(C)C(CO)NC1CCSC1C. The Balaban J connectivity index is 2.36. The lowest BCUT2D eigenvalue weighted by Gasteiger charge is -2.26. The molecule has 3 heteroatoms. The van der Waals surface area contributed by atoms with Gasteiger partial charge in [-0.15, -0.1) is 0 Å². The highest BCUT2D eigenvalue weighted by Gasteiger charge is 2.26. The lowest BCUT2D eigenvalue weighted by Crippen LogP contribution is -2.45. The third kappa shape index (κ3) is 3.15. The van der Waals surface area contributed by atoms with Crippen LogP contribution < -0.4 is 5.32 Å². The molecule has 3 unspecified atom stereocenters. The van der Waals surface area contributed by atoms with Gasteiger partial charge in [0.15, 0.2) is 0 Å². The zero-order valence-electron chi connectivity index (χ0n) is 8.79. The molecule has 1 fully saturated rings. The van der Waals surface area contributed by atoms with Crippen molar-refractivity contribution in [2.75, 3.05) is 12.4 Å². The van der Waals surface area contributed by atoms with E-state index in [-0.39, 0.29) is 12.6 Å². The molecule has 0 aromatic heterocycles. The average Bonchev–Trinajstić information content (AvgIpc) is 2.46. The van der Waals surface area contributed by atoms with Crippen molar-refractivity contribution >= 4 is 11.8 Å². The summed E-state index contributed by atoms with van der Waals surface area (Å²) in [6.45, 7) is 6.83. The first-order chi connectivity index (χ1) is 6.15. The Morgan fingerprint density at radius 1 is 1.54 bits per heavy atom.